The van der Waals surface area contributed by atoms with Gasteiger partial charge in [0.25, 0.3) is 5.56 Å². The number of halogens is 1. The Bertz CT molecular complexity index is 907. The SMILES string of the molecule is O=C(CSc1nc2nc[nH]c2c(=O)[nH]1)NCc1ccccc1Cl. The average Bonchev–Trinajstić information content (AvgIpc) is 3.01. The first-order valence-electron chi connectivity index (χ1n) is 6.70. The average molecular weight is 350 g/mol. The summed E-state index contributed by atoms with van der Waals surface area (Å²) in [5, 5.41) is 3.73. The van der Waals surface area contributed by atoms with Gasteiger partial charge in [-0.3, -0.25) is 14.6 Å². The van der Waals surface area contributed by atoms with E-state index < -0.39 is 0 Å². The molecule has 0 bridgehead atoms. The van der Waals surface area contributed by atoms with Crippen molar-refractivity contribution in [2.24, 2.45) is 0 Å². The molecule has 3 N–H and O–H groups in total. The molecule has 23 heavy (non-hydrogen) atoms. The van der Waals surface area contributed by atoms with Crippen LogP contribution in [0, 0.1) is 0 Å². The molecule has 0 aliphatic heterocycles. The van der Waals surface area contributed by atoms with Crippen molar-refractivity contribution in [3.63, 3.8) is 0 Å². The van der Waals surface area contributed by atoms with E-state index in [2.05, 4.69) is 25.3 Å². The zero-order valence-corrected chi connectivity index (χ0v) is 13.4. The number of thioether (sulfide) groups is 1. The number of hydrogen-bond donors (Lipinski definition) is 3. The molecule has 0 saturated heterocycles. The molecule has 0 spiro atoms. The van der Waals surface area contributed by atoms with Crippen molar-refractivity contribution < 1.29 is 4.79 Å². The maximum atomic E-state index is 11.9. The topological polar surface area (TPSA) is 104 Å². The molecule has 1 aromatic carbocycles. The number of nitrogens with one attached hydrogen (secondary N) is 3. The first-order valence-corrected chi connectivity index (χ1v) is 8.06. The van der Waals surface area contributed by atoms with Gasteiger partial charge in [0.2, 0.25) is 5.91 Å². The minimum atomic E-state index is -0.313. The van der Waals surface area contributed by atoms with Gasteiger partial charge in [0.05, 0.1) is 12.1 Å². The number of amides is 1. The summed E-state index contributed by atoms with van der Waals surface area (Å²) in [4.78, 5) is 37.0. The Morgan fingerprint density at radius 1 is 1.35 bits per heavy atom. The van der Waals surface area contributed by atoms with Crippen LogP contribution in [0.1, 0.15) is 5.56 Å². The lowest BCUT2D eigenvalue weighted by atomic mass is 10.2. The van der Waals surface area contributed by atoms with Gasteiger partial charge >= 0.3 is 0 Å². The summed E-state index contributed by atoms with van der Waals surface area (Å²) in [5.74, 6) is -0.0525. The minimum Gasteiger partial charge on any atom is -0.351 e. The number of aromatic amines is 2. The molecule has 0 atom stereocenters. The molecule has 3 aromatic rings. The van der Waals surface area contributed by atoms with Crippen molar-refractivity contribution in [2.75, 3.05) is 5.75 Å². The number of H-pyrrole nitrogens is 2. The van der Waals surface area contributed by atoms with E-state index in [1.807, 2.05) is 18.2 Å². The second-order valence-corrected chi connectivity index (χ2v) is 6.00. The summed E-state index contributed by atoms with van der Waals surface area (Å²) < 4.78 is 0. The van der Waals surface area contributed by atoms with Gasteiger partial charge < -0.3 is 10.3 Å². The molecule has 3 rings (SSSR count). The van der Waals surface area contributed by atoms with Crippen molar-refractivity contribution in [3.8, 4) is 0 Å². The van der Waals surface area contributed by atoms with Crippen LogP contribution in [0.3, 0.4) is 0 Å². The Morgan fingerprint density at radius 3 is 3.00 bits per heavy atom. The second-order valence-electron chi connectivity index (χ2n) is 4.63. The number of carbonyl (C=O) groups is 1. The number of aromatic nitrogens is 4. The van der Waals surface area contributed by atoms with Crippen molar-refractivity contribution in [1.29, 1.82) is 0 Å². The zero-order chi connectivity index (χ0) is 16.2. The molecule has 118 valence electrons. The highest BCUT2D eigenvalue weighted by atomic mass is 35.5. The molecule has 9 heteroatoms. The van der Waals surface area contributed by atoms with E-state index in [4.69, 9.17) is 11.6 Å². The smallest absolute Gasteiger partial charge is 0.277 e. The van der Waals surface area contributed by atoms with Gasteiger partial charge in [-0.15, -0.1) is 0 Å². The van der Waals surface area contributed by atoms with Gasteiger partial charge in [-0.1, -0.05) is 41.6 Å². The maximum Gasteiger partial charge on any atom is 0.277 e. The molecule has 0 radical (unpaired) electrons. The highest BCUT2D eigenvalue weighted by molar-refractivity contribution is 7.99. The Hall–Kier alpha value is -2.32. The summed E-state index contributed by atoms with van der Waals surface area (Å²) in [5.41, 5.74) is 1.17. The molecule has 1 amide bonds. The third kappa shape index (κ3) is 3.72. The molecule has 0 fully saturated rings. The number of rotatable bonds is 5. The second kappa shape index (κ2) is 6.84. The van der Waals surface area contributed by atoms with Crippen molar-refractivity contribution >= 4 is 40.4 Å². The molecule has 2 aromatic heterocycles. The molecule has 0 saturated carbocycles. The van der Waals surface area contributed by atoms with Crippen LogP contribution in [0.5, 0.6) is 0 Å². The van der Waals surface area contributed by atoms with Crippen molar-refractivity contribution in [1.82, 2.24) is 25.3 Å². The number of hydrogen-bond acceptors (Lipinski definition) is 5. The normalized spacial score (nSPS) is 10.8. The summed E-state index contributed by atoms with van der Waals surface area (Å²) in [6.45, 7) is 0.349. The largest absolute Gasteiger partial charge is 0.351 e. The monoisotopic (exact) mass is 349 g/mol. The number of fused-ring (bicyclic) bond motifs is 1. The first kappa shape index (κ1) is 15.6. The summed E-state index contributed by atoms with van der Waals surface area (Å²) in [6.07, 6.45) is 1.40. The van der Waals surface area contributed by atoms with E-state index in [0.29, 0.717) is 27.9 Å². The Morgan fingerprint density at radius 2 is 2.17 bits per heavy atom. The van der Waals surface area contributed by atoms with E-state index in [-0.39, 0.29) is 17.2 Å². The number of carbonyl (C=O) groups excluding carboxylic acids is 1. The van der Waals surface area contributed by atoms with Crippen molar-refractivity contribution in [2.45, 2.75) is 11.7 Å². The van der Waals surface area contributed by atoms with Crippen LogP contribution in [-0.2, 0) is 11.3 Å². The fraction of sp³-hybridized carbons (Fsp3) is 0.143. The van der Waals surface area contributed by atoms with Gasteiger partial charge in [-0.25, -0.2) is 9.97 Å². The Labute approximate surface area is 139 Å². The summed E-state index contributed by atoms with van der Waals surface area (Å²) in [7, 11) is 0. The van der Waals surface area contributed by atoms with E-state index >= 15 is 0 Å². The van der Waals surface area contributed by atoms with Gasteiger partial charge in [-0.05, 0) is 11.6 Å². The molecule has 0 unspecified atom stereocenters. The van der Waals surface area contributed by atoms with Crippen LogP contribution in [-0.4, -0.2) is 31.6 Å². The van der Waals surface area contributed by atoms with Gasteiger partial charge in [0, 0.05) is 11.6 Å². The highest BCUT2D eigenvalue weighted by Gasteiger charge is 2.09. The highest BCUT2D eigenvalue weighted by Crippen LogP contribution is 2.15. The zero-order valence-electron chi connectivity index (χ0n) is 11.8. The Balaban J connectivity index is 1.58. The number of imidazole rings is 1. The van der Waals surface area contributed by atoms with Gasteiger partial charge in [-0.2, -0.15) is 0 Å². The molecule has 0 aliphatic rings. The predicted molar refractivity (Wildman–Crippen MR) is 88.5 cm³/mol. The van der Waals surface area contributed by atoms with Gasteiger partial charge in [0.1, 0.15) is 0 Å². The molecule has 0 aliphatic carbocycles. The molecular formula is C14H12ClN5O2S. The van der Waals surface area contributed by atoms with Crippen LogP contribution < -0.4 is 10.9 Å². The van der Waals surface area contributed by atoms with Crippen LogP contribution in [0.4, 0.5) is 0 Å². The molecule has 2 heterocycles. The van der Waals surface area contributed by atoms with E-state index in [1.54, 1.807) is 6.07 Å². The third-order valence-corrected chi connectivity index (χ3v) is 4.29. The first-order chi connectivity index (χ1) is 11.1. The summed E-state index contributed by atoms with van der Waals surface area (Å²) in [6, 6.07) is 7.30. The third-order valence-electron chi connectivity index (χ3n) is 3.05. The minimum absolute atomic E-state index is 0.128. The predicted octanol–water partition coefficient (Wildman–Crippen LogP) is 1.71. The van der Waals surface area contributed by atoms with Crippen LogP contribution in [0.15, 0.2) is 40.5 Å². The van der Waals surface area contributed by atoms with Crippen molar-refractivity contribution in [3.05, 3.63) is 51.5 Å². The number of benzene rings is 1. The number of nitrogens with zero attached hydrogens (tertiary/aromatic N) is 2. The van der Waals surface area contributed by atoms with Crippen LogP contribution in [0.25, 0.3) is 11.2 Å². The van der Waals surface area contributed by atoms with Crippen LogP contribution in [0.2, 0.25) is 5.02 Å². The van der Waals surface area contributed by atoms with E-state index in [9.17, 15) is 9.59 Å². The standard InChI is InChI=1S/C14H12ClN5O2S/c15-9-4-2-1-3-8(9)5-16-10(21)6-23-14-19-12-11(13(22)20-14)17-7-18-12/h1-4,7H,5-6H2,(H,16,21)(H2,17,18,19,20,22). The fourth-order valence-electron chi connectivity index (χ4n) is 1.91. The lowest BCUT2D eigenvalue weighted by Gasteiger charge is -2.06. The maximum absolute atomic E-state index is 11.9. The molecule has 7 nitrogen and oxygen atoms in total. The quantitative estimate of drug-likeness (QED) is 0.480. The molecular weight excluding hydrogens is 338 g/mol. The lowest BCUT2D eigenvalue weighted by Crippen LogP contribution is -2.25. The van der Waals surface area contributed by atoms with E-state index in [0.717, 1.165) is 17.3 Å². The summed E-state index contributed by atoms with van der Waals surface area (Å²) >= 11 is 7.16. The van der Waals surface area contributed by atoms with Crippen LogP contribution >= 0.6 is 23.4 Å². The lowest BCUT2D eigenvalue weighted by molar-refractivity contribution is -0.118. The van der Waals surface area contributed by atoms with Gasteiger partial charge in [0.15, 0.2) is 16.3 Å². The fourth-order valence-corrected chi connectivity index (χ4v) is 2.80. The van der Waals surface area contributed by atoms with E-state index in [1.165, 1.54) is 6.33 Å². The Kier molecular flexibility index (Phi) is 4.63.